The van der Waals surface area contributed by atoms with Crippen molar-refractivity contribution in [2.75, 3.05) is 6.61 Å². The summed E-state index contributed by atoms with van der Waals surface area (Å²) in [7, 11) is 0. The maximum atomic E-state index is 13.4. The molecule has 1 saturated carbocycles. The molecule has 35 heavy (non-hydrogen) atoms. The van der Waals surface area contributed by atoms with Crippen LogP contribution < -0.4 is 5.32 Å². The Bertz CT molecular complexity index is 1150. The summed E-state index contributed by atoms with van der Waals surface area (Å²) in [5.41, 5.74) is 2.74. The zero-order valence-corrected chi connectivity index (χ0v) is 21.4. The number of halogens is 1. The molecule has 6 heteroatoms. The van der Waals surface area contributed by atoms with Gasteiger partial charge in [-0.15, -0.1) is 0 Å². The fourth-order valence-corrected chi connectivity index (χ4v) is 5.18. The highest BCUT2D eigenvalue weighted by atomic mass is 35.5. The lowest BCUT2D eigenvalue weighted by molar-refractivity contribution is -0.150. The number of aromatic nitrogens is 1. The molecule has 1 aliphatic carbocycles. The molecule has 1 unspecified atom stereocenters. The van der Waals surface area contributed by atoms with Crippen molar-refractivity contribution in [2.45, 2.75) is 65.0 Å². The van der Waals surface area contributed by atoms with Crippen LogP contribution in [-0.2, 0) is 16.1 Å². The van der Waals surface area contributed by atoms with Crippen molar-refractivity contribution in [3.63, 3.8) is 0 Å². The largest absolute Gasteiger partial charge is 0.465 e. The molecule has 1 heterocycles. The van der Waals surface area contributed by atoms with Gasteiger partial charge in [-0.3, -0.25) is 9.59 Å². The Hall–Kier alpha value is -2.79. The minimum absolute atomic E-state index is 0.00380. The van der Waals surface area contributed by atoms with Crippen LogP contribution in [0.2, 0.25) is 5.02 Å². The number of carbonyl (C=O) groups excluding carboxylic acids is 2. The van der Waals surface area contributed by atoms with E-state index in [1.54, 1.807) is 0 Å². The Labute approximate surface area is 212 Å². The quantitative estimate of drug-likeness (QED) is 0.269. The zero-order valence-electron chi connectivity index (χ0n) is 20.6. The molecule has 1 amide bonds. The number of para-hydroxylation sites is 1. The van der Waals surface area contributed by atoms with Gasteiger partial charge >= 0.3 is 5.97 Å². The number of fused-ring (bicyclic) bond motifs is 1. The average molecular weight is 495 g/mol. The fraction of sp³-hybridized carbons (Fsp3) is 0.448. The van der Waals surface area contributed by atoms with Crippen LogP contribution >= 0.6 is 11.6 Å². The van der Waals surface area contributed by atoms with Crippen LogP contribution in [0.5, 0.6) is 0 Å². The highest BCUT2D eigenvalue weighted by Gasteiger charge is 2.30. The van der Waals surface area contributed by atoms with Gasteiger partial charge in [0.1, 0.15) is 0 Å². The van der Waals surface area contributed by atoms with E-state index in [1.165, 1.54) is 0 Å². The van der Waals surface area contributed by atoms with Gasteiger partial charge in [-0.05, 0) is 74.8 Å². The number of esters is 1. The highest BCUT2D eigenvalue weighted by Crippen LogP contribution is 2.32. The van der Waals surface area contributed by atoms with Gasteiger partial charge in [0.2, 0.25) is 0 Å². The second kappa shape index (κ2) is 11.8. The third-order valence-electron chi connectivity index (χ3n) is 7.21. The first-order chi connectivity index (χ1) is 17.0. The van der Waals surface area contributed by atoms with Crippen molar-refractivity contribution in [3.8, 4) is 0 Å². The summed E-state index contributed by atoms with van der Waals surface area (Å²) in [6, 6.07) is 15.7. The summed E-state index contributed by atoms with van der Waals surface area (Å²) < 4.78 is 7.53. The Morgan fingerprint density at radius 3 is 2.54 bits per heavy atom. The number of benzene rings is 2. The lowest BCUT2D eigenvalue weighted by Crippen LogP contribution is -2.40. The van der Waals surface area contributed by atoms with E-state index >= 15 is 0 Å². The highest BCUT2D eigenvalue weighted by molar-refractivity contribution is 6.30. The Kier molecular flexibility index (Phi) is 8.50. The molecule has 1 aromatic heterocycles. The molecule has 4 rings (SSSR count). The first-order valence-electron chi connectivity index (χ1n) is 12.8. The topological polar surface area (TPSA) is 60.3 Å². The normalized spacial score (nSPS) is 18.8. The maximum absolute atomic E-state index is 13.4. The number of carbonyl (C=O) groups is 2. The molecule has 1 fully saturated rings. The number of amides is 1. The van der Waals surface area contributed by atoms with Crippen molar-refractivity contribution in [2.24, 2.45) is 11.8 Å². The molecule has 0 spiro atoms. The predicted octanol–water partition coefficient (Wildman–Crippen LogP) is 6.61. The number of nitrogens with zero attached hydrogens (tertiary/aromatic N) is 1. The zero-order chi connectivity index (χ0) is 24.8. The van der Waals surface area contributed by atoms with E-state index in [0.717, 1.165) is 55.0 Å². The molecular weight excluding hydrogens is 460 g/mol. The van der Waals surface area contributed by atoms with Crippen LogP contribution in [-0.4, -0.2) is 29.1 Å². The number of unbranched alkanes of at least 4 members (excludes halogenated alkanes) is 1. The Morgan fingerprint density at radius 2 is 1.83 bits per heavy atom. The predicted molar refractivity (Wildman–Crippen MR) is 141 cm³/mol. The van der Waals surface area contributed by atoms with Gasteiger partial charge < -0.3 is 14.6 Å². The van der Waals surface area contributed by atoms with Crippen LogP contribution in [0, 0.1) is 11.8 Å². The minimum atomic E-state index is -0.0553. The third-order valence-corrected chi connectivity index (χ3v) is 7.46. The summed E-state index contributed by atoms with van der Waals surface area (Å²) in [5, 5.41) is 5.00. The smallest absolute Gasteiger partial charge is 0.308 e. The van der Waals surface area contributed by atoms with Crippen LogP contribution in [0.3, 0.4) is 0 Å². The van der Waals surface area contributed by atoms with E-state index in [0.29, 0.717) is 29.7 Å². The lowest BCUT2D eigenvalue weighted by atomic mass is 9.79. The van der Waals surface area contributed by atoms with Crippen molar-refractivity contribution in [1.29, 1.82) is 0 Å². The van der Waals surface area contributed by atoms with Gasteiger partial charge in [0, 0.05) is 29.2 Å². The van der Waals surface area contributed by atoms with Gasteiger partial charge in [0.15, 0.2) is 0 Å². The second-order valence-corrected chi connectivity index (χ2v) is 10.1. The first-order valence-corrected chi connectivity index (χ1v) is 13.1. The van der Waals surface area contributed by atoms with Crippen LogP contribution in [0.25, 0.3) is 10.9 Å². The van der Waals surface area contributed by atoms with Gasteiger partial charge in [0.25, 0.3) is 5.91 Å². The molecule has 1 atom stereocenters. The van der Waals surface area contributed by atoms with Crippen molar-refractivity contribution >= 4 is 34.4 Å². The van der Waals surface area contributed by atoms with Gasteiger partial charge in [-0.2, -0.15) is 0 Å². The van der Waals surface area contributed by atoms with Crippen molar-refractivity contribution in [3.05, 3.63) is 70.9 Å². The molecule has 186 valence electrons. The number of hydrogen-bond acceptors (Lipinski definition) is 3. The van der Waals surface area contributed by atoms with Gasteiger partial charge in [0.05, 0.1) is 23.6 Å². The summed E-state index contributed by atoms with van der Waals surface area (Å²) in [5.74, 6) is 0.247. The summed E-state index contributed by atoms with van der Waals surface area (Å²) in [4.78, 5) is 25.7. The molecule has 1 N–H and O–H groups in total. The van der Waals surface area contributed by atoms with E-state index in [4.69, 9.17) is 16.3 Å². The standard InChI is InChI=1S/C29H35ClN2O3/c1-3-4-18-35-29(34)24-12-10-22(11-13-24)20(2)31-28(33)26-7-5-6-23-16-17-32(27(23)26)19-21-8-14-25(30)15-9-21/h5-9,14-17,20,22,24H,3-4,10-13,18-19H2,1-2H3,(H,31,33). The number of ether oxygens (including phenoxy) is 1. The molecule has 0 aliphatic heterocycles. The van der Waals surface area contributed by atoms with E-state index in [2.05, 4.69) is 23.7 Å². The molecular formula is C29H35ClN2O3. The monoisotopic (exact) mass is 494 g/mol. The Balaban J connectivity index is 1.39. The van der Waals surface area contributed by atoms with Crippen LogP contribution in [0.15, 0.2) is 54.7 Å². The molecule has 0 saturated heterocycles. The van der Waals surface area contributed by atoms with E-state index < -0.39 is 0 Å². The molecule has 5 nitrogen and oxygen atoms in total. The van der Waals surface area contributed by atoms with Crippen LogP contribution in [0.1, 0.15) is 68.3 Å². The SMILES string of the molecule is CCCCOC(=O)C1CCC(C(C)NC(=O)c2cccc3ccn(Cc4ccc(Cl)cc4)c23)CC1. The maximum Gasteiger partial charge on any atom is 0.308 e. The van der Waals surface area contributed by atoms with Crippen LogP contribution in [0.4, 0.5) is 0 Å². The van der Waals surface area contributed by atoms with E-state index in [9.17, 15) is 9.59 Å². The minimum Gasteiger partial charge on any atom is -0.465 e. The molecule has 3 aromatic rings. The average Bonchev–Trinajstić information content (AvgIpc) is 3.28. The molecule has 0 bridgehead atoms. The fourth-order valence-electron chi connectivity index (χ4n) is 5.05. The molecule has 2 aromatic carbocycles. The summed E-state index contributed by atoms with van der Waals surface area (Å²) in [6.45, 7) is 5.35. The Morgan fingerprint density at radius 1 is 1.09 bits per heavy atom. The van der Waals surface area contributed by atoms with E-state index in [1.807, 2.05) is 54.7 Å². The van der Waals surface area contributed by atoms with Crippen molar-refractivity contribution < 1.29 is 14.3 Å². The van der Waals surface area contributed by atoms with Gasteiger partial charge in [-0.1, -0.05) is 49.2 Å². The lowest BCUT2D eigenvalue weighted by Gasteiger charge is -2.31. The van der Waals surface area contributed by atoms with Crippen molar-refractivity contribution in [1.82, 2.24) is 9.88 Å². The second-order valence-electron chi connectivity index (χ2n) is 9.71. The number of nitrogens with one attached hydrogen (secondary N) is 1. The molecule has 0 radical (unpaired) electrons. The number of rotatable bonds is 9. The third kappa shape index (κ3) is 6.26. The molecule has 1 aliphatic rings. The van der Waals surface area contributed by atoms with E-state index in [-0.39, 0.29) is 23.8 Å². The first kappa shape index (κ1) is 25.3. The number of hydrogen-bond donors (Lipinski definition) is 1. The summed E-state index contributed by atoms with van der Waals surface area (Å²) in [6.07, 6.45) is 7.47. The summed E-state index contributed by atoms with van der Waals surface area (Å²) >= 11 is 6.03. The van der Waals surface area contributed by atoms with Gasteiger partial charge in [-0.25, -0.2) is 0 Å².